The Bertz CT molecular complexity index is 885. The minimum atomic E-state index is -0.635. The fourth-order valence-corrected chi connectivity index (χ4v) is 3.26. The number of carbonyl (C=O) groups is 2. The smallest absolute Gasteiger partial charge is 0.240 e. The maximum atomic E-state index is 13.6. The highest BCUT2D eigenvalue weighted by molar-refractivity contribution is 8.15. The summed E-state index contributed by atoms with van der Waals surface area (Å²) in [5.74, 6) is -1.49. The monoisotopic (exact) mass is 375 g/mol. The summed E-state index contributed by atoms with van der Waals surface area (Å²) in [6.07, 6.45) is -0.0604. The molecule has 1 heterocycles. The van der Waals surface area contributed by atoms with Gasteiger partial charge in [-0.1, -0.05) is 17.8 Å². The van der Waals surface area contributed by atoms with Crippen LogP contribution in [-0.4, -0.2) is 22.2 Å². The van der Waals surface area contributed by atoms with Crippen molar-refractivity contribution in [3.63, 3.8) is 0 Å². The minimum absolute atomic E-state index is 0.0604. The van der Waals surface area contributed by atoms with Gasteiger partial charge < -0.3 is 10.6 Å². The molecular weight excluding hydrogens is 360 g/mol. The molecule has 0 bridgehead atoms. The Hall–Kier alpha value is -2.74. The first kappa shape index (κ1) is 18.1. The average molecular weight is 375 g/mol. The van der Waals surface area contributed by atoms with Crippen LogP contribution in [0.3, 0.4) is 0 Å². The SMILES string of the molecule is Cc1ccc(N=C2NC(=O)[C@H](CC(=O)Nc3ccc(F)cc3)S2)cc1F. The van der Waals surface area contributed by atoms with E-state index >= 15 is 0 Å². The molecule has 2 N–H and O–H groups in total. The van der Waals surface area contributed by atoms with Crippen molar-refractivity contribution >= 4 is 40.1 Å². The lowest BCUT2D eigenvalue weighted by molar-refractivity contribution is -0.122. The molecule has 3 rings (SSSR count). The number of hydrogen-bond acceptors (Lipinski definition) is 4. The molecule has 2 aromatic carbocycles. The third kappa shape index (κ3) is 4.45. The summed E-state index contributed by atoms with van der Waals surface area (Å²) in [7, 11) is 0. The van der Waals surface area contributed by atoms with E-state index in [0.717, 1.165) is 11.8 Å². The second-order valence-electron chi connectivity index (χ2n) is 5.71. The van der Waals surface area contributed by atoms with Gasteiger partial charge in [-0.05, 0) is 48.9 Å². The Morgan fingerprint density at radius 2 is 1.96 bits per heavy atom. The van der Waals surface area contributed by atoms with E-state index < -0.39 is 11.1 Å². The molecule has 0 saturated carbocycles. The van der Waals surface area contributed by atoms with Gasteiger partial charge in [-0.25, -0.2) is 13.8 Å². The molecule has 0 unspecified atom stereocenters. The molecule has 0 spiro atoms. The second kappa shape index (κ2) is 7.65. The second-order valence-corrected chi connectivity index (χ2v) is 6.90. The Morgan fingerprint density at radius 1 is 1.23 bits per heavy atom. The number of nitrogens with zero attached hydrogens (tertiary/aromatic N) is 1. The van der Waals surface area contributed by atoms with Crippen molar-refractivity contribution < 1.29 is 18.4 Å². The topological polar surface area (TPSA) is 70.6 Å². The number of aryl methyl sites for hydroxylation is 1. The minimum Gasteiger partial charge on any atom is -0.326 e. The van der Waals surface area contributed by atoms with Crippen LogP contribution in [0.1, 0.15) is 12.0 Å². The Labute approximate surface area is 152 Å². The number of halogens is 2. The molecule has 1 aliphatic heterocycles. The van der Waals surface area contributed by atoms with E-state index in [4.69, 9.17) is 0 Å². The van der Waals surface area contributed by atoms with Crippen LogP contribution in [-0.2, 0) is 9.59 Å². The van der Waals surface area contributed by atoms with Gasteiger partial charge in [-0.15, -0.1) is 0 Å². The first-order chi connectivity index (χ1) is 12.4. The zero-order valence-electron chi connectivity index (χ0n) is 13.8. The summed E-state index contributed by atoms with van der Waals surface area (Å²) >= 11 is 1.11. The Morgan fingerprint density at radius 3 is 2.65 bits per heavy atom. The fourth-order valence-electron chi connectivity index (χ4n) is 2.27. The van der Waals surface area contributed by atoms with Gasteiger partial charge in [-0.2, -0.15) is 0 Å². The molecular formula is C18H15F2N3O2S. The standard InChI is InChI=1S/C18H15F2N3O2S/c1-10-2-5-13(8-14(10)20)22-18-23-17(25)15(26-18)9-16(24)21-12-6-3-11(19)4-7-12/h2-8,15H,9H2,1H3,(H,21,24)(H,22,23,25)/t15-/m0/s1. The van der Waals surface area contributed by atoms with Crippen LogP contribution in [0, 0.1) is 18.6 Å². The number of carbonyl (C=O) groups excluding carboxylic acids is 2. The number of aliphatic imine (C=N–C) groups is 1. The first-order valence-electron chi connectivity index (χ1n) is 7.78. The van der Waals surface area contributed by atoms with Gasteiger partial charge in [0.05, 0.1) is 5.69 Å². The predicted molar refractivity (Wildman–Crippen MR) is 97.4 cm³/mol. The first-order valence-corrected chi connectivity index (χ1v) is 8.66. The molecule has 2 amide bonds. The summed E-state index contributed by atoms with van der Waals surface area (Å²) in [4.78, 5) is 28.3. The maximum Gasteiger partial charge on any atom is 0.240 e. The van der Waals surface area contributed by atoms with Gasteiger partial charge in [0.2, 0.25) is 11.8 Å². The molecule has 5 nitrogen and oxygen atoms in total. The molecule has 0 aromatic heterocycles. The molecule has 26 heavy (non-hydrogen) atoms. The maximum absolute atomic E-state index is 13.6. The van der Waals surface area contributed by atoms with Crippen molar-refractivity contribution in [1.29, 1.82) is 0 Å². The van der Waals surface area contributed by atoms with Gasteiger partial charge >= 0.3 is 0 Å². The molecule has 1 fully saturated rings. The summed E-state index contributed by atoms with van der Waals surface area (Å²) < 4.78 is 26.4. The summed E-state index contributed by atoms with van der Waals surface area (Å²) in [5.41, 5.74) is 1.34. The van der Waals surface area contributed by atoms with Gasteiger partial charge in [0.1, 0.15) is 16.9 Å². The number of benzene rings is 2. The number of amidine groups is 1. The average Bonchev–Trinajstić information content (AvgIpc) is 2.92. The molecule has 1 atom stereocenters. The lowest BCUT2D eigenvalue weighted by Crippen LogP contribution is -2.28. The molecule has 1 aliphatic rings. The van der Waals surface area contributed by atoms with E-state index in [9.17, 15) is 18.4 Å². The number of anilines is 1. The highest BCUT2D eigenvalue weighted by Crippen LogP contribution is 2.26. The summed E-state index contributed by atoms with van der Waals surface area (Å²) in [5, 5.41) is 4.87. The van der Waals surface area contributed by atoms with Gasteiger partial charge in [0, 0.05) is 12.1 Å². The normalized spacial score (nSPS) is 18.0. The van der Waals surface area contributed by atoms with Crippen molar-refractivity contribution in [2.75, 3.05) is 5.32 Å². The van der Waals surface area contributed by atoms with E-state index in [1.807, 2.05) is 0 Å². The predicted octanol–water partition coefficient (Wildman–Crippen LogP) is 3.52. The van der Waals surface area contributed by atoms with Crippen LogP contribution in [0.4, 0.5) is 20.2 Å². The van der Waals surface area contributed by atoms with E-state index in [1.54, 1.807) is 19.1 Å². The number of rotatable bonds is 4. The molecule has 134 valence electrons. The van der Waals surface area contributed by atoms with Crippen LogP contribution >= 0.6 is 11.8 Å². The number of amides is 2. The van der Waals surface area contributed by atoms with Crippen molar-refractivity contribution in [3.8, 4) is 0 Å². The summed E-state index contributed by atoms with van der Waals surface area (Å²) in [6.45, 7) is 1.65. The third-order valence-electron chi connectivity index (χ3n) is 3.66. The number of nitrogens with one attached hydrogen (secondary N) is 2. The molecule has 2 aromatic rings. The highest BCUT2D eigenvalue weighted by atomic mass is 32.2. The molecule has 0 radical (unpaired) electrons. The van der Waals surface area contributed by atoms with Gasteiger partial charge in [-0.3, -0.25) is 9.59 Å². The van der Waals surface area contributed by atoms with Crippen molar-refractivity contribution in [2.24, 2.45) is 4.99 Å². The van der Waals surface area contributed by atoms with Crippen LogP contribution in [0.2, 0.25) is 0 Å². The number of hydrogen-bond donors (Lipinski definition) is 2. The largest absolute Gasteiger partial charge is 0.326 e. The van der Waals surface area contributed by atoms with Gasteiger partial charge in [0.15, 0.2) is 5.17 Å². The quantitative estimate of drug-likeness (QED) is 0.859. The van der Waals surface area contributed by atoms with Crippen molar-refractivity contribution in [1.82, 2.24) is 5.32 Å². The molecule has 8 heteroatoms. The van der Waals surface area contributed by atoms with Crippen LogP contribution in [0.5, 0.6) is 0 Å². The Kier molecular flexibility index (Phi) is 5.32. The molecule has 1 saturated heterocycles. The summed E-state index contributed by atoms with van der Waals surface area (Å²) in [6, 6.07) is 9.87. The zero-order chi connectivity index (χ0) is 18.7. The lowest BCUT2D eigenvalue weighted by Gasteiger charge is -2.07. The Balaban J connectivity index is 1.62. The van der Waals surface area contributed by atoms with E-state index in [0.29, 0.717) is 22.1 Å². The van der Waals surface area contributed by atoms with Gasteiger partial charge in [0.25, 0.3) is 0 Å². The fraction of sp³-hybridized carbons (Fsp3) is 0.167. The van der Waals surface area contributed by atoms with Crippen LogP contribution in [0.15, 0.2) is 47.5 Å². The van der Waals surface area contributed by atoms with Crippen LogP contribution < -0.4 is 10.6 Å². The van der Waals surface area contributed by atoms with E-state index in [2.05, 4.69) is 15.6 Å². The highest BCUT2D eigenvalue weighted by Gasteiger charge is 2.32. The number of thioether (sulfide) groups is 1. The molecule has 0 aliphatic carbocycles. The van der Waals surface area contributed by atoms with Crippen molar-refractivity contribution in [2.45, 2.75) is 18.6 Å². The third-order valence-corrected chi connectivity index (χ3v) is 4.74. The lowest BCUT2D eigenvalue weighted by atomic mass is 10.2. The van der Waals surface area contributed by atoms with Crippen molar-refractivity contribution in [3.05, 3.63) is 59.7 Å². The zero-order valence-corrected chi connectivity index (χ0v) is 14.6. The van der Waals surface area contributed by atoms with E-state index in [-0.39, 0.29) is 24.1 Å². The van der Waals surface area contributed by atoms with E-state index in [1.165, 1.54) is 30.3 Å². The van der Waals surface area contributed by atoms with Crippen LogP contribution in [0.25, 0.3) is 0 Å².